The molecule has 1 aromatic heterocycles. The Morgan fingerprint density at radius 1 is 1.29 bits per heavy atom. The lowest BCUT2D eigenvalue weighted by atomic mass is 10.1. The lowest BCUT2D eigenvalue weighted by molar-refractivity contribution is 0.0688. The molecule has 0 fully saturated rings. The zero-order chi connectivity index (χ0) is 15.0. The van der Waals surface area contributed by atoms with Crippen molar-refractivity contribution in [3.8, 4) is 5.69 Å². The summed E-state index contributed by atoms with van der Waals surface area (Å²) < 4.78 is 15.7. The summed E-state index contributed by atoms with van der Waals surface area (Å²) in [5.74, 6) is -1.41. The van der Waals surface area contributed by atoms with Gasteiger partial charge in [0, 0.05) is 11.3 Å². The van der Waals surface area contributed by atoms with E-state index in [1.54, 1.807) is 6.07 Å². The number of rotatable bonds is 2. The Hall–Kier alpha value is -2.17. The van der Waals surface area contributed by atoms with Crippen LogP contribution in [0.4, 0.5) is 4.39 Å². The Bertz CT molecular complexity index is 686. The van der Waals surface area contributed by atoms with Crippen molar-refractivity contribution in [3.05, 3.63) is 46.5 Å². The number of benzene rings is 1. The van der Waals surface area contributed by atoms with Crippen LogP contribution in [0.1, 0.15) is 46.6 Å². The molecule has 0 saturated carbocycles. The van der Waals surface area contributed by atoms with Gasteiger partial charge in [0.1, 0.15) is 11.5 Å². The predicted octanol–water partition coefficient (Wildman–Crippen LogP) is 3.29. The molecule has 0 atom stereocenters. The maximum absolute atomic E-state index is 14.2. The first-order valence-electron chi connectivity index (χ1n) is 7.19. The average Bonchev–Trinajstić information content (AvgIpc) is 2.63. The number of halogens is 1. The van der Waals surface area contributed by atoms with E-state index in [9.17, 15) is 14.3 Å². The molecular weight excluding hydrogens is 271 g/mol. The van der Waals surface area contributed by atoms with Crippen molar-refractivity contribution in [2.24, 2.45) is 0 Å². The minimum absolute atomic E-state index is 0.0644. The minimum atomic E-state index is -1.04. The molecule has 0 radical (unpaired) electrons. The molecule has 5 heteroatoms. The van der Waals surface area contributed by atoms with E-state index in [1.165, 1.54) is 10.7 Å². The number of para-hydroxylation sites is 1. The first-order valence-corrected chi connectivity index (χ1v) is 7.19. The molecule has 1 N–H and O–H groups in total. The van der Waals surface area contributed by atoms with Gasteiger partial charge in [0.2, 0.25) is 0 Å². The first-order chi connectivity index (χ1) is 10.1. The van der Waals surface area contributed by atoms with E-state index >= 15 is 0 Å². The summed E-state index contributed by atoms with van der Waals surface area (Å²) in [4.78, 5) is 11.4. The smallest absolute Gasteiger partial charge is 0.356 e. The minimum Gasteiger partial charge on any atom is -0.476 e. The largest absolute Gasteiger partial charge is 0.476 e. The van der Waals surface area contributed by atoms with E-state index in [4.69, 9.17) is 0 Å². The van der Waals surface area contributed by atoms with Gasteiger partial charge in [-0.1, -0.05) is 18.6 Å². The van der Waals surface area contributed by atoms with Gasteiger partial charge in [0.15, 0.2) is 5.69 Å². The highest BCUT2D eigenvalue weighted by Crippen LogP contribution is 2.28. The van der Waals surface area contributed by atoms with Crippen LogP contribution >= 0.6 is 0 Å². The number of fused-ring (bicyclic) bond motifs is 1. The Morgan fingerprint density at radius 2 is 2.05 bits per heavy atom. The van der Waals surface area contributed by atoms with Crippen LogP contribution in [-0.2, 0) is 12.8 Å². The van der Waals surface area contributed by atoms with Gasteiger partial charge in [-0.15, -0.1) is 0 Å². The van der Waals surface area contributed by atoms with Crippen LogP contribution < -0.4 is 0 Å². The fourth-order valence-corrected chi connectivity index (χ4v) is 3.02. The number of aryl methyl sites for hydroxylation is 1. The number of nitrogens with zero attached hydrogens (tertiary/aromatic N) is 2. The van der Waals surface area contributed by atoms with E-state index in [0.29, 0.717) is 12.1 Å². The van der Waals surface area contributed by atoms with Crippen LogP contribution in [0.3, 0.4) is 0 Å². The Labute approximate surface area is 122 Å². The summed E-state index contributed by atoms with van der Waals surface area (Å²) in [5.41, 5.74) is 2.79. The second kappa shape index (κ2) is 5.31. The van der Waals surface area contributed by atoms with Crippen molar-refractivity contribution in [2.75, 3.05) is 0 Å². The Kier molecular flexibility index (Phi) is 3.49. The van der Waals surface area contributed by atoms with Crippen LogP contribution in [0.15, 0.2) is 18.2 Å². The summed E-state index contributed by atoms with van der Waals surface area (Å²) in [7, 11) is 0. The zero-order valence-electron chi connectivity index (χ0n) is 11.9. The zero-order valence-corrected chi connectivity index (χ0v) is 11.9. The molecule has 0 amide bonds. The van der Waals surface area contributed by atoms with Crippen LogP contribution in [0, 0.1) is 12.7 Å². The molecule has 21 heavy (non-hydrogen) atoms. The quantitative estimate of drug-likeness (QED) is 0.863. The fraction of sp³-hybridized carbons (Fsp3) is 0.375. The topological polar surface area (TPSA) is 55.1 Å². The van der Waals surface area contributed by atoms with Crippen molar-refractivity contribution < 1.29 is 14.3 Å². The summed E-state index contributed by atoms with van der Waals surface area (Å²) in [5, 5.41) is 13.6. The SMILES string of the molecule is Cc1cccc(F)c1-n1nc(C(=O)O)c2c1CCCCC2. The van der Waals surface area contributed by atoms with E-state index in [2.05, 4.69) is 5.10 Å². The second-order valence-electron chi connectivity index (χ2n) is 5.46. The molecule has 110 valence electrons. The van der Waals surface area contributed by atoms with E-state index < -0.39 is 5.97 Å². The van der Waals surface area contributed by atoms with Gasteiger partial charge in [-0.05, 0) is 44.2 Å². The Balaban J connectivity index is 2.26. The first kappa shape index (κ1) is 13.8. The van der Waals surface area contributed by atoms with Gasteiger partial charge in [-0.25, -0.2) is 13.9 Å². The highest BCUT2D eigenvalue weighted by atomic mass is 19.1. The molecule has 0 bridgehead atoms. The maximum Gasteiger partial charge on any atom is 0.356 e. The van der Waals surface area contributed by atoms with Gasteiger partial charge in [0.25, 0.3) is 0 Å². The van der Waals surface area contributed by atoms with E-state index in [-0.39, 0.29) is 11.5 Å². The highest BCUT2D eigenvalue weighted by Gasteiger charge is 2.25. The molecule has 2 aromatic rings. The standard InChI is InChI=1S/C16H17FN2O2/c1-10-6-5-8-12(17)15(10)19-13-9-4-2-3-7-11(13)14(18-19)16(20)21/h5-6,8H,2-4,7,9H2,1H3,(H,20,21). The number of carboxylic acids is 1. The number of aromatic nitrogens is 2. The number of aromatic carboxylic acids is 1. The number of carbonyl (C=O) groups is 1. The lowest BCUT2D eigenvalue weighted by Gasteiger charge is -2.11. The van der Waals surface area contributed by atoms with Gasteiger partial charge in [0.05, 0.1) is 0 Å². The molecule has 4 nitrogen and oxygen atoms in total. The van der Waals surface area contributed by atoms with Crippen molar-refractivity contribution in [3.63, 3.8) is 0 Å². The van der Waals surface area contributed by atoms with E-state index in [1.807, 2.05) is 13.0 Å². The number of hydrogen-bond acceptors (Lipinski definition) is 2. The molecule has 0 spiro atoms. The number of carboxylic acid groups (broad SMARTS) is 1. The third-order valence-electron chi connectivity index (χ3n) is 4.03. The molecule has 1 aliphatic carbocycles. The number of hydrogen-bond donors (Lipinski definition) is 1. The monoisotopic (exact) mass is 288 g/mol. The highest BCUT2D eigenvalue weighted by molar-refractivity contribution is 5.87. The molecule has 1 aromatic carbocycles. The molecule has 0 unspecified atom stereocenters. The molecular formula is C16H17FN2O2. The molecule has 1 aliphatic rings. The van der Waals surface area contributed by atoms with Crippen molar-refractivity contribution in [1.82, 2.24) is 9.78 Å². The fourth-order valence-electron chi connectivity index (χ4n) is 3.02. The van der Waals surface area contributed by atoms with Crippen molar-refractivity contribution >= 4 is 5.97 Å². The third-order valence-corrected chi connectivity index (χ3v) is 4.03. The third kappa shape index (κ3) is 2.33. The van der Waals surface area contributed by atoms with Crippen LogP contribution in [0.2, 0.25) is 0 Å². The molecule has 3 rings (SSSR count). The van der Waals surface area contributed by atoms with Gasteiger partial charge >= 0.3 is 5.97 Å². The van der Waals surface area contributed by atoms with Gasteiger partial charge in [-0.3, -0.25) is 0 Å². The van der Waals surface area contributed by atoms with E-state index in [0.717, 1.165) is 42.5 Å². The summed E-state index contributed by atoms with van der Waals surface area (Å²) >= 11 is 0. The summed E-state index contributed by atoms with van der Waals surface area (Å²) in [6.45, 7) is 1.81. The normalized spacial score (nSPS) is 14.6. The Morgan fingerprint density at radius 3 is 2.76 bits per heavy atom. The predicted molar refractivity (Wildman–Crippen MR) is 76.5 cm³/mol. The summed E-state index contributed by atoms with van der Waals surface area (Å²) in [6, 6.07) is 4.84. The average molecular weight is 288 g/mol. The van der Waals surface area contributed by atoms with Crippen molar-refractivity contribution in [2.45, 2.75) is 39.0 Å². The van der Waals surface area contributed by atoms with Gasteiger partial charge in [-0.2, -0.15) is 5.10 Å². The van der Waals surface area contributed by atoms with Gasteiger partial charge < -0.3 is 5.11 Å². The van der Waals surface area contributed by atoms with Crippen molar-refractivity contribution in [1.29, 1.82) is 0 Å². The lowest BCUT2D eigenvalue weighted by Crippen LogP contribution is -2.08. The molecule has 0 saturated heterocycles. The molecule has 1 heterocycles. The van der Waals surface area contributed by atoms with Crippen LogP contribution in [0.5, 0.6) is 0 Å². The van der Waals surface area contributed by atoms with Crippen LogP contribution in [-0.4, -0.2) is 20.9 Å². The second-order valence-corrected chi connectivity index (χ2v) is 5.46. The summed E-state index contributed by atoms with van der Waals surface area (Å²) in [6.07, 6.45) is 4.43. The van der Waals surface area contributed by atoms with Crippen LogP contribution in [0.25, 0.3) is 5.69 Å². The molecule has 0 aliphatic heterocycles. The maximum atomic E-state index is 14.2.